The number of rotatable bonds is 18. The van der Waals surface area contributed by atoms with Crippen LogP contribution in [0.5, 0.6) is 17.2 Å². The Morgan fingerprint density at radius 3 is 1.45 bits per heavy atom. The Morgan fingerprint density at radius 1 is 0.500 bits per heavy atom. The lowest BCUT2D eigenvalue weighted by molar-refractivity contribution is 0.0719. The summed E-state index contributed by atoms with van der Waals surface area (Å²) in [5.74, 6) is 0.622. The molecule has 0 unspecified atom stereocenters. The maximum absolute atomic E-state index is 12.6. The van der Waals surface area contributed by atoms with Crippen LogP contribution in [0.25, 0.3) is 0 Å². The van der Waals surface area contributed by atoms with E-state index in [1.165, 1.54) is 69.8 Å². The minimum atomic E-state index is -0.460. The Hall–Kier alpha value is -3.60. The lowest BCUT2D eigenvalue weighted by Crippen LogP contribution is -2.09. The van der Waals surface area contributed by atoms with Crippen molar-refractivity contribution in [2.24, 2.45) is 0 Å². The van der Waals surface area contributed by atoms with Gasteiger partial charge < -0.3 is 14.2 Å². The van der Waals surface area contributed by atoms with E-state index in [4.69, 9.17) is 14.2 Å². The molecule has 0 amide bonds. The molecule has 0 aliphatic rings. The first-order valence-corrected chi connectivity index (χ1v) is 14.9. The van der Waals surface area contributed by atoms with E-state index < -0.39 is 11.9 Å². The first-order chi connectivity index (χ1) is 19.6. The van der Waals surface area contributed by atoms with Crippen molar-refractivity contribution in [1.82, 2.24) is 0 Å². The molecule has 0 fully saturated rings. The van der Waals surface area contributed by atoms with E-state index in [1.807, 2.05) is 24.3 Å². The van der Waals surface area contributed by atoms with Gasteiger partial charge in [0, 0.05) is 0 Å². The highest BCUT2D eigenvalue weighted by atomic mass is 16.5. The first kappa shape index (κ1) is 30.9. The molecule has 3 aromatic carbocycles. The van der Waals surface area contributed by atoms with Gasteiger partial charge in [-0.1, -0.05) is 83.8 Å². The number of esters is 2. The van der Waals surface area contributed by atoms with Crippen LogP contribution in [0.15, 0.2) is 72.8 Å². The van der Waals surface area contributed by atoms with Crippen molar-refractivity contribution >= 4 is 11.9 Å². The summed E-state index contributed by atoms with van der Waals surface area (Å²) in [5.41, 5.74) is 2.17. The number of carbonyl (C=O) groups is 2. The van der Waals surface area contributed by atoms with Crippen LogP contribution in [-0.2, 0) is 6.42 Å². The number of unbranched alkanes of at least 4 members (excludes halogenated alkanes) is 9. The van der Waals surface area contributed by atoms with Gasteiger partial charge in [0.25, 0.3) is 0 Å². The summed E-state index contributed by atoms with van der Waals surface area (Å²) in [5, 5.41) is 0. The summed E-state index contributed by atoms with van der Waals surface area (Å²) in [6.45, 7) is 5.11. The molecule has 3 rings (SSSR count). The number of benzene rings is 3. The highest BCUT2D eigenvalue weighted by Crippen LogP contribution is 2.21. The zero-order chi connectivity index (χ0) is 28.4. The van der Waals surface area contributed by atoms with Crippen LogP contribution in [-0.4, -0.2) is 18.5 Å². The van der Waals surface area contributed by atoms with Gasteiger partial charge in [-0.3, -0.25) is 0 Å². The molecule has 0 aliphatic heterocycles. The smallest absolute Gasteiger partial charge is 0.343 e. The second kappa shape index (κ2) is 17.9. The van der Waals surface area contributed by atoms with Crippen molar-refractivity contribution in [3.05, 3.63) is 89.5 Å². The van der Waals surface area contributed by atoms with E-state index in [-0.39, 0.29) is 0 Å². The molecular weight excluding hydrogens is 500 g/mol. The minimum absolute atomic E-state index is 0.372. The molecule has 0 radical (unpaired) electrons. The quantitative estimate of drug-likeness (QED) is 0.0907. The van der Waals surface area contributed by atoms with Crippen molar-refractivity contribution in [2.75, 3.05) is 6.61 Å². The molecule has 40 heavy (non-hydrogen) atoms. The molecule has 5 nitrogen and oxygen atoms in total. The highest BCUT2D eigenvalue weighted by Gasteiger charge is 2.11. The number of ether oxygens (including phenoxy) is 3. The fourth-order valence-electron chi connectivity index (χ4n) is 4.41. The fourth-order valence-corrected chi connectivity index (χ4v) is 4.41. The van der Waals surface area contributed by atoms with Gasteiger partial charge in [-0.2, -0.15) is 0 Å². The Balaban J connectivity index is 1.40. The van der Waals surface area contributed by atoms with Crippen LogP contribution < -0.4 is 14.2 Å². The summed E-state index contributed by atoms with van der Waals surface area (Å²) in [6.07, 6.45) is 14.5. The van der Waals surface area contributed by atoms with E-state index in [0.29, 0.717) is 29.2 Å². The van der Waals surface area contributed by atoms with Crippen LogP contribution in [0.2, 0.25) is 0 Å². The van der Waals surface area contributed by atoms with Gasteiger partial charge in [0.15, 0.2) is 0 Å². The average Bonchev–Trinajstić information content (AvgIpc) is 2.98. The average molecular weight is 545 g/mol. The summed E-state index contributed by atoms with van der Waals surface area (Å²) in [4.78, 5) is 25.1. The number of hydrogen-bond donors (Lipinski definition) is 0. The first-order valence-electron chi connectivity index (χ1n) is 14.9. The van der Waals surface area contributed by atoms with Crippen LogP contribution >= 0.6 is 0 Å². The summed E-state index contributed by atoms with van der Waals surface area (Å²) in [7, 11) is 0. The largest absolute Gasteiger partial charge is 0.494 e. The predicted octanol–water partition coefficient (Wildman–Crippen LogP) is 9.38. The molecule has 0 N–H and O–H groups in total. The molecular formula is C35H44O5. The van der Waals surface area contributed by atoms with Crippen molar-refractivity contribution in [2.45, 2.75) is 90.9 Å². The number of carbonyl (C=O) groups excluding carboxylic acids is 2. The Morgan fingerprint density at radius 2 is 0.925 bits per heavy atom. The van der Waals surface area contributed by atoms with Crippen molar-refractivity contribution in [3.8, 4) is 17.2 Å². The van der Waals surface area contributed by atoms with E-state index in [1.54, 1.807) is 48.5 Å². The SMILES string of the molecule is CCCCCCCCOc1ccc(C(=O)Oc2ccc(OC(=O)c3ccc(CCCCCCC)cc3)cc2)cc1. The normalized spacial score (nSPS) is 10.8. The molecule has 0 saturated heterocycles. The van der Waals surface area contributed by atoms with Gasteiger partial charge in [0.1, 0.15) is 17.2 Å². The Labute approximate surface area is 239 Å². The fraction of sp³-hybridized carbons (Fsp3) is 0.429. The standard InChI is InChI=1S/C35H44O5/c1-3-5-7-9-11-13-27-38-31-21-19-30(20-22-31)35(37)40-33-25-23-32(24-26-33)39-34(36)29-17-15-28(16-18-29)14-12-10-8-6-4-2/h15-26H,3-14,27H2,1-2H3. The van der Waals surface area contributed by atoms with Gasteiger partial charge in [-0.25, -0.2) is 9.59 Å². The van der Waals surface area contributed by atoms with E-state index >= 15 is 0 Å². The van der Waals surface area contributed by atoms with Gasteiger partial charge in [-0.05, 0) is 85.5 Å². The molecule has 0 spiro atoms. The summed E-state index contributed by atoms with van der Waals surface area (Å²) >= 11 is 0. The minimum Gasteiger partial charge on any atom is -0.494 e. The second-order valence-corrected chi connectivity index (χ2v) is 10.3. The van der Waals surface area contributed by atoms with Crippen LogP contribution in [0.3, 0.4) is 0 Å². The van der Waals surface area contributed by atoms with Crippen LogP contribution in [0.1, 0.15) is 111 Å². The third kappa shape index (κ3) is 11.3. The molecule has 3 aromatic rings. The van der Waals surface area contributed by atoms with Crippen molar-refractivity contribution in [3.63, 3.8) is 0 Å². The van der Waals surface area contributed by atoms with Gasteiger partial charge in [0.05, 0.1) is 17.7 Å². The van der Waals surface area contributed by atoms with Crippen LogP contribution in [0, 0.1) is 0 Å². The third-order valence-electron chi connectivity index (χ3n) is 6.86. The lowest BCUT2D eigenvalue weighted by Gasteiger charge is -2.09. The third-order valence-corrected chi connectivity index (χ3v) is 6.86. The molecule has 0 heterocycles. The van der Waals surface area contributed by atoms with E-state index in [9.17, 15) is 9.59 Å². The maximum Gasteiger partial charge on any atom is 0.343 e. The zero-order valence-corrected chi connectivity index (χ0v) is 24.2. The molecule has 0 aromatic heterocycles. The topological polar surface area (TPSA) is 61.8 Å². The molecule has 0 aliphatic carbocycles. The number of aryl methyl sites for hydroxylation is 1. The lowest BCUT2D eigenvalue weighted by atomic mass is 10.0. The highest BCUT2D eigenvalue weighted by molar-refractivity contribution is 5.92. The van der Waals surface area contributed by atoms with Gasteiger partial charge in [-0.15, -0.1) is 0 Å². The monoisotopic (exact) mass is 544 g/mol. The zero-order valence-electron chi connectivity index (χ0n) is 24.2. The number of hydrogen-bond acceptors (Lipinski definition) is 5. The van der Waals surface area contributed by atoms with Crippen molar-refractivity contribution in [1.29, 1.82) is 0 Å². The van der Waals surface area contributed by atoms with Gasteiger partial charge >= 0.3 is 11.9 Å². The molecule has 5 heteroatoms. The van der Waals surface area contributed by atoms with Crippen molar-refractivity contribution < 1.29 is 23.8 Å². The molecule has 0 atom stereocenters. The second-order valence-electron chi connectivity index (χ2n) is 10.3. The van der Waals surface area contributed by atoms with Crippen LogP contribution in [0.4, 0.5) is 0 Å². The maximum atomic E-state index is 12.6. The van der Waals surface area contributed by atoms with E-state index in [2.05, 4.69) is 13.8 Å². The Bertz CT molecular complexity index is 1130. The van der Waals surface area contributed by atoms with E-state index in [0.717, 1.165) is 18.6 Å². The molecule has 0 saturated carbocycles. The Kier molecular flexibility index (Phi) is 13.8. The summed E-state index contributed by atoms with van der Waals surface area (Å²) in [6, 6.07) is 21.0. The van der Waals surface area contributed by atoms with Gasteiger partial charge in [0.2, 0.25) is 0 Å². The summed E-state index contributed by atoms with van der Waals surface area (Å²) < 4.78 is 16.8. The predicted molar refractivity (Wildman–Crippen MR) is 161 cm³/mol. The molecule has 0 bridgehead atoms. The molecule has 214 valence electrons.